The molecule has 1 aliphatic carbocycles. The molecule has 1 saturated heterocycles. The molecule has 138 valence electrons. The molecule has 1 aliphatic heterocycles. The fourth-order valence-electron chi connectivity index (χ4n) is 4.24. The number of hydrogen-bond acceptors (Lipinski definition) is 5. The highest BCUT2D eigenvalue weighted by Crippen LogP contribution is 2.56. The second-order valence-corrected chi connectivity index (χ2v) is 8.43. The van der Waals surface area contributed by atoms with Gasteiger partial charge in [0.15, 0.2) is 0 Å². The largest absolute Gasteiger partial charge is 0.497 e. The average molecular weight is 372 g/mol. The lowest BCUT2D eigenvalue weighted by atomic mass is 9.92. The number of hydrogen-bond donors (Lipinski definition) is 0. The van der Waals surface area contributed by atoms with E-state index in [2.05, 4.69) is 16.9 Å². The lowest BCUT2D eigenvalue weighted by Gasteiger charge is -2.34. The van der Waals surface area contributed by atoms with Crippen LogP contribution in [0.2, 0.25) is 0 Å². The van der Waals surface area contributed by atoms with E-state index in [1.54, 1.807) is 18.4 Å². The van der Waals surface area contributed by atoms with Gasteiger partial charge >= 0.3 is 0 Å². The Labute approximate surface area is 158 Å². The highest BCUT2D eigenvalue weighted by molar-refractivity contribution is 7.09. The number of amides is 1. The minimum Gasteiger partial charge on any atom is -0.497 e. The van der Waals surface area contributed by atoms with Crippen LogP contribution in [-0.4, -0.2) is 54.0 Å². The molecule has 2 fully saturated rings. The van der Waals surface area contributed by atoms with Gasteiger partial charge in [-0.2, -0.15) is 0 Å². The molecule has 0 N–H and O–H groups in total. The Hall–Kier alpha value is -1.92. The molecule has 1 aromatic carbocycles. The monoisotopic (exact) mass is 371 g/mol. The van der Waals surface area contributed by atoms with Crippen LogP contribution in [-0.2, 0) is 6.54 Å². The van der Waals surface area contributed by atoms with Crippen molar-refractivity contribution in [2.24, 2.45) is 5.41 Å². The summed E-state index contributed by atoms with van der Waals surface area (Å²) in [7, 11) is 3.83. The van der Waals surface area contributed by atoms with Gasteiger partial charge in [-0.1, -0.05) is 6.07 Å². The minimum atomic E-state index is 0.118. The maximum Gasteiger partial charge on any atom is 0.253 e. The Kier molecular flexibility index (Phi) is 4.71. The fourth-order valence-corrected chi connectivity index (χ4v) is 4.91. The Morgan fingerprint density at radius 2 is 2.23 bits per heavy atom. The van der Waals surface area contributed by atoms with Crippen LogP contribution in [0.3, 0.4) is 0 Å². The molecule has 2 aromatic rings. The maximum absolute atomic E-state index is 12.8. The van der Waals surface area contributed by atoms with E-state index >= 15 is 0 Å². The smallest absolute Gasteiger partial charge is 0.253 e. The highest BCUT2D eigenvalue weighted by Gasteiger charge is 2.56. The number of nitrogens with zero attached hydrogens (tertiary/aromatic N) is 3. The Morgan fingerprint density at radius 1 is 1.42 bits per heavy atom. The lowest BCUT2D eigenvalue weighted by molar-refractivity contribution is 0.0657. The number of carbonyl (C=O) groups is 1. The predicted octanol–water partition coefficient (Wildman–Crippen LogP) is 3.28. The molecule has 1 atom stereocenters. The van der Waals surface area contributed by atoms with Gasteiger partial charge in [-0.3, -0.25) is 9.69 Å². The van der Waals surface area contributed by atoms with E-state index in [1.165, 1.54) is 11.4 Å². The van der Waals surface area contributed by atoms with Gasteiger partial charge in [0.2, 0.25) is 0 Å². The van der Waals surface area contributed by atoms with E-state index in [-0.39, 0.29) is 5.91 Å². The normalized spacial score (nSPS) is 21.2. The van der Waals surface area contributed by atoms with Crippen molar-refractivity contribution in [2.75, 3.05) is 27.2 Å². The number of likely N-dealkylation sites (tertiary alicyclic amines) is 1. The molecule has 1 spiro atoms. The molecule has 4 rings (SSSR count). The second-order valence-electron chi connectivity index (χ2n) is 7.45. The summed E-state index contributed by atoms with van der Waals surface area (Å²) in [6, 6.07) is 8.07. The predicted molar refractivity (Wildman–Crippen MR) is 103 cm³/mol. The van der Waals surface area contributed by atoms with Crippen molar-refractivity contribution in [3.05, 3.63) is 46.4 Å². The SMILES string of the molecule is COc1cccc(C(=O)N2CCC3(CC2)CC3N(C)Cc2nccs2)c1. The first-order chi connectivity index (χ1) is 12.6. The van der Waals surface area contributed by atoms with Gasteiger partial charge in [0.05, 0.1) is 13.7 Å². The van der Waals surface area contributed by atoms with E-state index in [9.17, 15) is 4.79 Å². The fraction of sp³-hybridized carbons (Fsp3) is 0.500. The van der Waals surface area contributed by atoms with E-state index in [0.29, 0.717) is 17.0 Å². The van der Waals surface area contributed by atoms with Gasteiger partial charge in [-0.05, 0) is 49.9 Å². The molecule has 0 bridgehead atoms. The van der Waals surface area contributed by atoms with Gasteiger partial charge in [0, 0.05) is 36.3 Å². The van der Waals surface area contributed by atoms with Crippen molar-refractivity contribution < 1.29 is 9.53 Å². The Bertz CT molecular complexity index is 769. The zero-order chi connectivity index (χ0) is 18.1. The van der Waals surface area contributed by atoms with Crippen LogP contribution < -0.4 is 4.74 Å². The first-order valence-electron chi connectivity index (χ1n) is 9.13. The molecule has 0 radical (unpaired) electrons. The minimum absolute atomic E-state index is 0.118. The molecule has 5 nitrogen and oxygen atoms in total. The topological polar surface area (TPSA) is 45.7 Å². The summed E-state index contributed by atoms with van der Waals surface area (Å²) in [6.45, 7) is 2.62. The van der Waals surface area contributed by atoms with E-state index in [1.807, 2.05) is 40.7 Å². The Balaban J connectivity index is 1.33. The van der Waals surface area contributed by atoms with Crippen molar-refractivity contribution in [3.8, 4) is 5.75 Å². The van der Waals surface area contributed by atoms with E-state index < -0.39 is 0 Å². The first-order valence-corrected chi connectivity index (χ1v) is 10.0. The molecule has 26 heavy (non-hydrogen) atoms. The van der Waals surface area contributed by atoms with E-state index in [0.717, 1.165) is 38.2 Å². The number of methoxy groups -OCH3 is 1. The number of thiazole rings is 1. The highest BCUT2D eigenvalue weighted by atomic mass is 32.1. The summed E-state index contributed by atoms with van der Waals surface area (Å²) >= 11 is 1.72. The zero-order valence-corrected chi connectivity index (χ0v) is 16.2. The molecule has 1 amide bonds. The third-order valence-electron chi connectivity index (χ3n) is 5.91. The number of aromatic nitrogens is 1. The summed E-state index contributed by atoms with van der Waals surface area (Å²) in [5.74, 6) is 0.850. The van der Waals surface area contributed by atoms with Crippen molar-refractivity contribution in [1.29, 1.82) is 0 Å². The third-order valence-corrected chi connectivity index (χ3v) is 6.67. The van der Waals surface area contributed by atoms with Crippen LogP contribution in [0.4, 0.5) is 0 Å². The second kappa shape index (κ2) is 7.00. The third kappa shape index (κ3) is 3.35. The summed E-state index contributed by atoms with van der Waals surface area (Å²) in [6.07, 6.45) is 5.31. The van der Waals surface area contributed by atoms with Crippen molar-refractivity contribution in [3.63, 3.8) is 0 Å². The number of rotatable bonds is 5. The molecular weight excluding hydrogens is 346 g/mol. The quantitative estimate of drug-likeness (QED) is 0.809. The Morgan fingerprint density at radius 3 is 2.92 bits per heavy atom. The summed E-state index contributed by atoms with van der Waals surface area (Å²) in [4.78, 5) is 21.6. The summed E-state index contributed by atoms with van der Waals surface area (Å²) < 4.78 is 5.24. The average Bonchev–Trinajstić information content (AvgIpc) is 3.12. The molecule has 1 unspecified atom stereocenters. The van der Waals surface area contributed by atoms with Crippen LogP contribution in [0.25, 0.3) is 0 Å². The first kappa shape index (κ1) is 17.5. The summed E-state index contributed by atoms with van der Waals surface area (Å²) in [5, 5.41) is 3.22. The molecule has 6 heteroatoms. The number of piperidine rings is 1. The van der Waals surface area contributed by atoms with Gasteiger partial charge in [0.1, 0.15) is 10.8 Å². The number of ether oxygens (including phenoxy) is 1. The van der Waals surface area contributed by atoms with Gasteiger partial charge < -0.3 is 9.64 Å². The van der Waals surface area contributed by atoms with Crippen molar-refractivity contribution >= 4 is 17.2 Å². The molecule has 2 heterocycles. The van der Waals surface area contributed by atoms with Crippen molar-refractivity contribution in [2.45, 2.75) is 31.8 Å². The van der Waals surface area contributed by atoms with Crippen LogP contribution in [0.15, 0.2) is 35.8 Å². The number of carbonyl (C=O) groups excluding carboxylic acids is 1. The summed E-state index contributed by atoms with van der Waals surface area (Å²) in [5.41, 5.74) is 1.12. The van der Waals surface area contributed by atoms with Gasteiger partial charge in [0.25, 0.3) is 5.91 Å². The standard InChI is InChI=1S/C20H25N3O2S/c1-22(14-18-21-8-11-26-18)17-13-20(17)6-9-23(10-7-20)19(24)15-4-3-5-16(12-15)25-2/h3-5,8,11-12,17H,6-7,9-10,13-14H2,1-2H3. The number of benzene rings is 1. The van der Waals surface area contributed by atoms with Gasteiger partial charge in [-0.25, -0.2) is 4.98 Å². The maximum atomic E-state index is 12.8. The van der Waals surface area contributed by atoms with Crippen molar-refractivity contribution in [1.82, 2.24) is 14.8 Å². The van der Waals surface area contributed by atoms with Crippen LogP contribution >= 0.6 is 11.3 Å². The molecular formula is C20H25N3O2S. The van der Waals surface area contributed by atoms with Gasteiger partial charge in [-0.15, -0.1) is 11.3 Å². The lowest BCUT2D eigenvalue weighted by Crippen LogP contribution is -2.41. The zero-order valence-electron chi connectivity index (χ0n) is 15.4. The van der Waals surface area contributed by atoms with Crippen LogP contribution in [0.5, 0.6) is 5.75 Å². The molecule has 1 aromatic heterocycles. The molecule has 2 aliphatic rings. The van der Waals surface area contributed by atoms with E-state index in [4.69, 9.17) is 4.74 Å². The van der Waals surface area contributed by atoms with Crippen LogP contribution in [0, 0.1) is 5.41 Å². The van der Waals surface area contributed by atoms with Crippen LogP contribution in [0.1, 0.15) is 34.6 Å². The molecule has 1 saturated carbocycles.